The standard InChI is InChI=1S/C17H22N4O2/c1-17(2,3)8-14(22)11-6-13(18-9-11)16(23)19-15-7-12(20-21-15)10-4-5-10/h6-7,9-10,18H,4-5,8H2,1-3H3,(H2,19,20,21,23). The summed E-state index contributed by atoms with van der Waals surface area (Å²) in [6, 6.07) is 3.46. The zero-order chi connectivity index (χ0) is 16.6. The average molecular weight is 314 g/mol. The smallest absolute Gasteiger partial charge is 0.273 e. The summed E-state index contributed by atoms with van der Waals surface area (Å²) in [5.41, 5.74) is 1.88. The lowest BCUT2D eigenvalue weighted by Crippen LogP contribution is -2.13. The molecule has 0 unspecified atom stereocenters. The molecule has 1 amide bonds. The van der Waals surface area contributed by atoms with E-state index in [-0.39, 0.29) is 17.1 Å². The minimum absolute atomic E-state index is 0.0311. The first-order chi connectivity index (χ1) is 10.8. The monoisotopic (exact) mass is 314 g/mol. The quantitative estimate of drug-likeness (QED) is 0.738. The van der Waals surface area contributed by atoms with Gasteiger partial charge >= 0.3 is 0 Å². The largest absolute Gasteiger partial charge is 0.356 e. The van der Waals surface area contributed by atoms with E-state index in [1.165, 1.54) is 12.8 Å². The summed E-state index contributed by atoms with van der Waals surface area (Å²) in [4.78, 5) is 27.3. The first-order valence-corrected chi connectivity index (χ1v) is 7.90. The number of aromatic nitrogens is 3. The fraction of sp³-hybridized carbons (Fsp3) is 0.471. The number of aromatic amines is 2. The maximum Gasteiger partial charge on any atom is 0.273 e. The molecule has 0 saturated heterocycles. The molecule has 6 heteroatoms. The minimum atomic E-state index is -0.298. The maximum absolute atomic E-state index is 12.2. The first kappa shape index (κ1) is 15.5. The lowest BCUT2D eigenvalue weighted by Gasteiger charge is -2.15. The summed E-state index contributed by atoms with van der Waals surface area (Å²) in [6.45, 7) is 6.04. The summed E-state index contributed by atoms with van der Waals surface area (Å²) in [6.07, 6.45) is 4.37. The van der Waals surface area contributed by atoms with E-state index in [0.717, 1.165) is 5.69 Å². The summed E-state index contributed by atoms with van der Waals surface area (Å²) >= 11 is 0. The van der Waals surface area contributed by atoms with Gasteiger partial charge in [-0.2, -0.15) is 5.10 Å². The Morgan fingerprint density at radius 3 is 2.70 bits per heavy atom. The second-order valence-corrected chi connectivity index (χ2v) is 7.40. The van der Waals surface area contributed by atoms with Crippen LogP contribution >= 0.6 is 0 Å². The molecule has 1 aliphatic carbocycles. The van der Waals surface area contributed by atoms with Crippen molar-refractivity contribution in [1.29, 1.82) is 0 Å². The van der Waals surface area contributed by atoms with Gasteiger partial charge in [0.25, 0.3) is 5.91 Å². The molecule has 0 radical (unpaired) electrons. The molecule has 0 spiro atoms. The van der Waals surface area contributed by atoms with Gasteiger partial charge in [-0.25, -0.2) is 0 Å². The molecular weight excluding hydrogens is 292 g/mol. The third-order valence-electron chi connectivity index (χ3n) is 3.80. The number of Topliss-reactive ketones (excluding diaryl/α,β-unsaturated/α-hetero) is 1. The molecular formula is C17H22N4O2. The molecule has 1 aliphatic rings. The number of amides is 1. The number of H-pyrrole nitrogens is 2. The van der Waals surface area contributed by atoms with Gasteiger partial charge in [-0.1, -0.05) is 20.8 Å². The third-order valence-corrected chi connectivity index (χ3v) is 3.80. The predicted molar refractivity (Wildman–Crippen MR) is 87.7 cm³/mol. The maximum atomic E-state index is 12.2. The first-order valence-electron chi connectivity index (χ1n) is 7.90. The fourth-order valence-corrected chi connectivity index (χ4v) is 2.46. The number of anilines is 1. The molecule has 3 rings (SSSR count). The summed E-state index contributed by atoms with van der Waals surface area (Å²) in [5.74, 6) is 0.798. The van der Waals surface area contributed by atoms with Gasteiger partial charge in [-0.3, -0.25) is 14.7 Å². The fourth-order valence-electron chi connectivity index (χ4n) is 2.46. The van der Waals surface area contributed by atoms with Crippen molar-refractivity contribution in [3.8, 4) is 0 Å². The van der Waals surface area contributed by atoms with Gasteiger partial charge in [-0.15, -0.1) is 0 Å². The number of hydrogen-bond acceptors (Lipinski definition) is 3. The van der Waals surface area contributed by atoms with Crippen LogP contribution in [0.4, 0.5) is 5.82 Å². The number of carbonyl (C=O) groups excluding carboxylic acids is 2. The Kier molecular flexibility index (Phi) is 3.83. The van der Waals surface area contributed by atoms with Crippen LogP contribution in [-0.2, 0) is 0 Å². The Morgan fingerprint density at radius 2 is 2.04 bits per heavy atom. The number of nitrogens with zero attached hydrogens (tertiary/aromatic N) is 1. The van der Waals surface area contributed by atoms with Gasteiger partial charge in [0.15, 0.2) is 11.6 Å². The van der Waals surface area contributed by atoms with Crippen molar-refractivity contribution in [3.05, 3.63) is 35.3 Å². The normalized spacial score (nSPS) is 14.7. The molecule has 1 saturated carbocycles. The van der Waals surface area contributed by atoms with E-state index >= 15 is 0 Å². The highest BCUT2D eigenvalue weighted by Gasteiger charge is 2.26. The molecule has 122 valence electrons. The number of hydrogen-bond donors (Lipinski definition) is 3. The molecule has 2 aromatic heterocycles. The summed E-state index contributed by atoms with van der Waals surface area (Å²) in [7, 11) is 0. The van der Waals surface area contributed by atoms with Crippen LogP contribution in [0, 0.1) is 5.41 Å². The zero-order valence-corrected chi connectivity index (χ0v) is 13.7. The van der Waals surface area contributed by atoms with Crippen molar-refractivity contribution < 1.29 is 9.59 Å². The van der Waals surface area contributed by atoms with Gasteiger partial charge in [0, 0.05) is 35.9 Å². The van der Waals surface area contributed by atoms with Crippen molar-refractivity contribution in [2.75, 3.05) is 5.32 Å². The highest BCUT2D eigenvalue weighted by molar-refractivity contribution is 6.05. The Morgan fingerprint density at radius 1 is 1.30 bits per heavy atom. The van der Waals surface area contributed by atoms with Crippen LogP contribution in [0.15, 0.2) is 18.3 Å². The minimum Gasteiger partial charge on any atom is -0.356 e. The van der Waals surface area contributed by atoms with Crippen molar-refractivity contribution in [1.82, 2.24) is 15.2 Å². The van der Waals surface area contributed by atoms with Crippen molar-refractivity contribution in [3.63, 3.8) is 0 Å². The van der Waals surface area contributed by atoms with E-state index in [1.54, 1.807) is 12.3 Å². The number of ketones is 1. The number of rotatable bonds is 5. The van der Waals surface area contributed by atoms with E-state index in [0.29, 0.717) is 29.4 Å². The van der Waals surface area contributed by atoms with E-state index < -0.39 is 0 Å². The number of nitrogens with one attached hydrogen (secondary N) is 3. The van der Waals surface area contributed by atoms with Crippen LogP contribution in [0.1, 0.15) is 72.5 Å². The molecule has 2 heterocycles. The van der Waals surface area contributed by atoms with Crippen LogP contribution < -0.4 is 5.32 Å². The third kappa shape index (κ3) is 3.88. The predicted octanol–water partition coefficient (Wildman–Crippen LogP) is 3.49. The molecule has 23 heavy (non-hydrogen) atoms. The van der Waals surface area contributed by atoms with Crippen LogP contribution in [0.5, 0.6) is 0 Å². The zero-order valence-electron chi connectivity index (χ0n) is 13.7. The van der Waals surface area contributed by atoms with E-state index in [1.807, 2.05) is 26.8 Å². The SMILES string of the molecule is CC(C)(C)CC(=O)c1c[nH]c(C(=O)Nc2cc(C3CC3)[nH]n2)c1. The van der Waals surface area contributed by atoms with Gasteiger partial charge in [0.2, 0.25) is 0 Å². The molecule has 0 bridgehead atoms. The Balaban J connectivity index is 1.64. The van der Waals surface area contributed by atoms with Gasteiger partial charge in [0.1, 0.15) is 5.69 Å². The Hall–Kier alpha value is -2.37. The van der Waals surface area contributed by atoms with Crippen molar-refractivity contribution in [2.45, 2.75) is 46.0 Å². The molecule has 6 nitrogen and oxygen atoms in total. The molecule has 0 aliphatic heterocycles. The van der Waals surface area contributed by atoms with Gasteiger partial charge in [0.05, 0.1) is 0 Å². The number of carbonyl (C=O) groups is 2. The Bertz CT molecular complexity index is 732. The Labute approximate surface area is 135 Å². The topological polar surface area (TPSA) is 90.6 Å². The lowest BCUT2D eigenvalue weighted by atomic mass is 9.88. The second kappa shape index (κ2) is 5.68. The van der Waals surface area contributed by atoms with E-state index in [9.17, 15) is 9.59 Å². The highest BCUT2D eigenvalue weighted by Crippen LogP contribution is 2.39. The van der Waals surface area contributed by atoms with Crippen LogP contribution in [0.3, 0.4) is 0 Å². The molecule has 2 aromatic rings. The van der Waals surface area contributed by atoms with Crippen LogP contribution in [0.2, 0.25) is 0 Å². The van der Waals surface area contributed by atoms with Crippen LogP contribution in [0.25, 0.3) is 0 Å². The average Bonchev–Trinajstić information content (AvgIpc) is 3.00. The summed E-state index contributed by atoms with van der Waals surface area (Å²) in [5, 5.41) is 9.78. The highest BCUT2D eigenvalue weighted by atomic mass is 16.2. The van der Waals surface area contributed by atoms with Gasteiger partial charge < -0.3 is 10.3 Å². The molecule has 1 fully saturated rings. The van der Waals surface area contributed by atoms with Gasteiger partial charge in [-0.05, 0) is 24.3 Å². The molecule has 3 N–H and O–H groups in total. The second-order valence-electron chi connectivity index (χ2n) is 7.40. The van der Waals surface area contributed by atoms with Crippen LogP contribution in [-0.4, -0.2) is 26.9 Å². The molecule has 0 atom stereocenters. The summed E-state index contributed by atoms with van der Waals surface area (Å²) < 4.78 is 0. The van der Waals surface area contributed by atoms with E-state index in [4.69, 9.17) is 0 Å². The van der Waals surface area contributed by atoms with Crippen molar-refractivity contribution in [2.24, 2.45) is 5.41 Å². The lowest BCUT2D eigenvalue weighted by molar-refractivity contribution is 0.0940. The van der Waals surface area contributed by atoms with E-state index in [2.05, 4.69) is 20.5 Å². The van der Waals surface area contributed by atoms with Crippen molar-refractivity contribution >= 4 is 17.5 Å². The molecule has 0 aromatic carbocycles.